The first-order valence-corrected chi connectivity index (χ1v) is 3.32. The Morgan fingerprint density at radius 1 is 1.70 bits per heavy atom. The summed E-state index contributed by atoms with van der Waals surface area (Å²) in [7, 11) is 0. The number of hydrogen-bond donors (Lipinski definition) is 4. The number of hydrogen-bond acceptors (Lipinski definition) is 4. The first-order valence-electron chi connectivity index (χ1n) is 3.32. The van der Waals surface area contributed by atoms with Crippen molar-refractivity contribution in [3.63, 3.8) is 0 Å². The number of nitrogens with one attached hydrogen (secondary N) is 1. The summed E-state index contributed by atoms with van der Waals surface area (Å²) in [5, 5.41) is 30.0. The van der Waals surface area contributed by atoms with E-state index in [1.807, 2.05) is 0 Å². The van der Waals surface area contributed by atoms with E-state index < -0.39 is 11.7 Å². The Balaban J connectivity index is 2.58. The summed E-state index contributed by atoms with van der Waals surface area (Å²) >= 11 is 0. The Bertz CT molecular complexity index is 126. The zero-order chi connectivity index (χ0) is 7.78. The molecule has 1 aliphatic rings. The Morgan fingerprint density at radius 3 is 2.50 bits per heavy atom. The molecule has 0 aromatic carbocycles. The minimum atomic E-state index is -1.09. The summed E-state index contributed by atoms with van der Waals surface area (Å²) in [4.78, 5) is 0. The predicted octanol–water partition coefficient (Wildman–Crippen LogP) is -1.94. The smallest absolute Gasteiger partial charge is 0.102 e. The molecule has 4 N–H and O–H groups in total. The number of rotatable bonds is 1. The van der Waals surface area contributed by atoms with Gasteiger partial charge in [-0.25, -0.2) is 0 Å². The molecular weight excluding hydrogens is 134 g/mol. The van der Waals surface area contributed by atoms with Gasteiger partial charge < -0.3 is 20.6 Å². The molecule has 0 bridgehead atoms. The molecule has 1 heterocycles. The summed E-state index contributed by atoms with van der Waals surface area (Å²) in [5.74, 6) is 0. The summed E-state index contributed by atoms with van der Waals surface area (Å²) in [6, 6.07) is -0.380. The van der Waals surface area contributed by atoms with Gasteiger partial charge in [0.15, 0.2) is 0 Å². The molecule has 0 aromatic heterocycles. The van der Waals surface area contributed by atoms with Gasteiger partial charge in [-0.05, 0) is 6.92 Å². The summed E-state index contributed by atoms with van der Waals surface area (Å²) in [6.07, 6.45) is -0.863. The molecule has 0 spiro atoms. The topological polar surface area (TPSA) is 72.7 Å². The van der Waals surface area contributed by atoms with Gasteiger partial charge in [0.1, 0.15) is 11.7 Å². The highest BCUT2D eigenvalue weighted by molar-refractivity contribution is 4.99. The lowest BCUT2D eigenvalue weighted by Crippen LogP contribution is -2.42. The summed E-state index contributed by atoms with van der Waals surface area (Å²) < 4.78 is 0. The van der Waals surface area contributed by atoms with E-state index in [1.54, 1.807) is 6.92 Å². The van der Waals surface area contributed by atoms with Crippen LogP contribution in [-0.4, -0.2) is 46.2 Å². The molecular formula is C6H13NO3. The van der Waals surface area contributed by atoms with Crippen LogP contribution in [0.1, 0.15) is 6.92 Å². The third-order valence-electron chi connectivity index (χ3n) is 1.94. The van der Waals surface area contributed by atoms with Crippen molar-refractivity contribution in [2.24, 2.45) is 0 Å². The van der Waals surface area contributed by atoms with E-state index in [4.69, 9.17) is 5.11 Å². The first-order chi connectivity index (χ1) is 4.58. The SMILES string of the molecule is CC1(O)CN[C@H](CO)[C@H]1O. The van der Waals surface area contributed by atoms with Gasteiger partial charge in [0.05, 0.1) is 12.6 Å². The average Bonchev–Trinajstić information content (AvgIpc) is 2.10. The molecule has 10 heavy (non-hydrogen) atoms. The number of aliphatic hydroxyl groups is 3. The van der Waals surface area contributed by atoms with Crippen LogP contribution in [0.5, 0.6) is 0 Å². The van der Waals surface area contributed by atoms with Crippen LogP contribution in [0.3, 0.4) is 0 Å². The third-order valence-corrected chi connectivity index (χ3v) is 1.94. The second kappa shape index (κ2) is 2.47. The Morgan fingerprint density at radius 2 is 2.30 bits per heavy atom. The molecule has 0 radical (unpaired) electrons. The molecule has 60 valence electrons. The average molecular weight is 147 g/mol. The van der Waals surface area contributed by atoms with Gasteiger partial charge in [-0.1, -0.05) is 0 Å². The molecule has 4 nitrogen and oxygen atoms in total. The molecule has 1 fully saturated rings. The van der Waals surface area contributed by atoms with E-state index in [0.717, 1.165) is 0 Å². The minimum absolute atomic E-state index is 0.142. The molecule has 1 rings (SSSR count). The number of aliphatic hydroxyl groups excluding tert-OH is 2. The van der Waals surface area contributed by atoms with Gasteiger partial charge in [0.2, 0.25) is 0 Å². The van der Waals surface area contributed by atoms with Crippen molar-refractivity contribution in [1.82, 2.24) is 5.32 Å². The third kappa shape index (κ3) is 1.15. The Kier molecular flexibility index (Phi) is 1.96. The van der Waals surface area contributed by atoms with E-state index >= 15 is 0 Å². The molecule has 1 aliphatic heterocycles. The molecule has 0 aliphatic carbocycles. The van der Waals surface area contributed by atoms with Gasteiger partial charge >= 0.3 is 0 Å². The zero-order valence-corrected chi connectivity index (χ0v) is 5.91. The largest absolute Gasteiger partial charge is 0.395 e. The highest BCUT2D eigenvalue weighted by atomic mass is 16.3. The molecule has 1 unspecified atom stereocenters. The van der Waals surface area contributed by atoms with Crippen molar-refractivity contribution >= 4 is 0 Å². The van der Waals surface area contributed by atoms with Crippen LogP contribution in [0.2, 0.25) is 0 Å². The fourth-order valence-electron chi connectivity index (χ4n) is 1.15. The van der Waals surface area contributed by atoms with Gasteiger partial charge in [0.25, 0.3) is 0 Å². The van der Waals surface area contributed by atoms with Crippen molar-refractivity contribution in [3.05, 3.63) is 0 Å². The highest BCUT2D eigenvalue weighted by Gasteiger charge is 2.42. The van der Waals surface area contributed by atoms with Crippen LogP contribution in [-0.2, 0) is 0 Å². The van der Waals surface area contributed by atoms with Crippen LogP contribution < -0.4 is 5.32 Å². The van der Waals surface area contributed by atoms with E-state index in [0.29, 0.717) is 6.54 Å². The van der Waals surface area contributed by atoms with Crippen LogP contribution in [0.25, 0.3) is 0 Å². The lowest BCUT2D eigenvalue weighted by Gasteiger charge is -2.21. The van der Waals surface area contributed by atoms with Crippen LogP contribution in [0, 0.1) is 0 Å². The summed E-state index contributed by atoms with van der Waals surface area (Å²) in [5.41, 5.74) is -1.09. The van der Waals surface area contributed by atoms with Gasteiger partial charge in [-0.15, -0.1) is 0 Å². The van der Waals surface area contributed by atoms with Crippen molar-refractivity contribution in [3.8, 4) is 0 Å². The Hall–Kier alpha value is -0.160. The summed E-state index contributed by atoms with van der Waals surface area (Å²) in [6.45, 7) is 1.73. The lowest BCUT2D eigenvalue weighted by atomic mass is 10.00. The van der Waals surface area contributed by atoms with Crippen molar-refractivity contribution in [2.75, 3.05) is 13.2 Å². The Labute approximate surface area is 59.5 Å². The van der Waals surface area contributed by atoms with Crippen molar-refractivity contribution < 1.29 is 15.3 Å². The van der Waals surface area contributed by atoms with Crippen LogP contribution >= 0.6 is 0 Å². The van der Waals surface area contributed by atoms with Crippen molar-refractivity contribution in [2.45, 2.75) is 24.7 Å². The normalized spacial score (nSPS) is 48.0. The van der Waals surface area contributed by atoms with E-state index in [9.17, 15) is 10.2 Å². The predicted molar refractivity (Wildman–Crippen MR) is 35.5 cm³/mol. The highest BCUT2D eigenvalue weighted by Crippen LogP contribution is 2.18. The van der Waals surface area contributed by atoms with Crippen LogP contribution in [0.4, 0.5) is 0 Å². The first kappa shape index (κ1) is 7.94. The van der Waals surface area contributed by atoms with Crippen molar-refractivity contribution in [1.29, 1.82) is 0 Å². The maximum absolute atomic E-state index is 9.34. The lowest BCUT2D eigenvalue weighted by molar-refractivity contribution is -0.0411. The van der Waals surface area contributed by atoms with E-state index in [1.165, 1.54) is 0 Å². The van der Waals surface area contributed by atoms with Gasteiger partial charge in [0, 0.05) is 6.54 Å². The fourth-order valence-corrected chi connectivity index (χ4v) is 1.15. The monoisotopic (exact) mass is 147 g/mol. The fraction of sp³-hybridized carbons (Fsp3) is 1.00. The van der Waals surface area contributed by atoms with E-state index in [2.05, 4.69) is 5.32 Å². The molecule has 0 aromatic rings. The number of β-amino-alcohol motifs (C(OH)–C–C–N with tert-alkyl or cyclic N) is 1. The second-order valence-corrected chi connectivity index (χ2v) is 2.97. The second-order valence-electron chi connectivity index (χ2n) is 2.97. The molecule has 0 amide bonds. The standard InChI is InChI=1S/C6H13NO3/c1-6(10)3-7-4(2-8)5(6)9/h4-5,7-10H,2-3H2,1H3/t4-,5-,6?/m1/s1. The van der Waals surface area contributed by atoms with E-state index in [-0.39, 0.29) is 12.6 Å². The van der Waals surface area contributed by atoms with Crippen LogP contribution in [0.15, 0.2) is 0 Å². The molecule has 4 heteroatoms. The maximum atomic E-state index is 9.34. The molecule has 0 saturated carbocycles. The maximum Gasteiger partial charge on any atom is 0.102 e. The molecule has 3 atom stereocenters. The minimum Gasteiger partial charge on any atom is -0.395 e. The van der Waals surface area contributed by atoms with Gasteiger partial charge in [-0.2, -0.15) is 0 Å². The van der Waals surface area contributed by atoms with Gasteiger partial charge in [-0.3, -0.25) is 0 Å². The quantitative estimate of drug-likeness (QED) is 0.348. The zero-order valence-electron chi connectivity index (χ0n) is 5.91. The molecule has 1 saturated heterocycles.